The summed E-state index contributed by atoms with van der Waals surface area (Å²) in [4.78, 5) is 12.4. The monoisotopic (exact) mass is 328 g/mol. The van der Waals surface area contributed by atoms with Crippen molar-refractivity contribution in [1.29, 1.82) is 0 Å². The third-order valence-electron chi connectivity index (χ3n) is 4.96. The Hall–Kier alpha value is -2.34. The van der Waals surface area contributed by atoms with Crippen molar-refractivity contribution in [3.05, 3.63) is 35.6 Å². The molecule has 1 aromatic carbocycles. The second-order valence-corrected chi connectivity index (χ2v) is 6.60. The summed E-state index contributed by atoms with van der Waals surface area (Å²) in [6.45, 7) is 0.652. The zero-order valence-corrected chi connectivity index (χ0v) is 13.4. The summed E-state index contributed by atoms with van der Waals surface area (Å²) in [5.41, 5.74) is 2.15. The fourth-order valence-corrected chi connectivity index (χ4v) is 3.54. The topological polar surface area (TPSA) is 84.6 Å². The number of aliphatic hydroxyl groups excluding tert-OH is 1. The van der Waals surface area contributed by atoms with Gasteiger partial charge in [0, 0.05) is 18.1 Å². The van der Waals surface area contributed by atoms with E-state index in [4.69, 9.17) is 9.26 Å². The van der Waals surface area contributed by atoms with Crippen molar-refractivity contribution < 1.29 is 19.2 Å². The molecule has 0 bridgehead atoms. The molecular formula is C18H20N2O4. The Bertz CT molecular complexity index is 762. The van der Waals surface area contributed by atoms with Crippen LogP contribution in [0.5, 0.6) is 5.75 Å². The van der Waals surface area contributed by atoms with Gasteiger partial charge in [0.25, 0.3) is 5.91 Å². The van der Waals surface area contributed by atoms with Crippen molar-refractivity contribution >= 4 is 5.91 Å². The van der Waals surface area contributed by atoms with Gasteiger partial charge in [-0.1, -0.05) is 18.0 Å². The van der Waals surface area contributed by atoms with Gasteiger partial charge in [0.05, 0.1) is 18.8 Å². The highest BCUT2D eigenvalue weighted by atomic mass is 16.5. The Morgan fingerprint density at radius 1 is 1.29 bits per heavy atom. The van der Waals surface area contributed by atoms with Crippen LogP contribution in [0.4, 0.5) is 0 Å². The van der Waals surface area contributed by atoms with E-state index in [0.29, 0.717) is 12.3 Å². The number of aromatic nitrogens is 1. The fourth-order valence-electron chi connectivity index (χ4n) is 3.54. The zero-order chi connectivity index (χ0) is 16.6. The van der Waals surface area contributed by atoms with Crippen LogP contribution >= 0.6 is 0 Å². The summed E-state index contributed by atoms with van der Waals surface area (Å²) in [7, 11) is 0. The SMILES string of the molecule is O=C(NC1(CO)CCCC1)c1cc(-c2ccc3c(c2)CCO3)no1. The number of hydrogen-bond acceptors (Lipinski definition) is 5. The van der Waals surface area contributed by atoms with Gasteiger partial charge in [-0.3, -0.25) is 4.79 Å². The minimum absolute atomic E-state index is 0.0510. The molecule has 2 aromatic rings. The van der Waals surface area contributed by atoms with Crippen LogP contribution in [0.25, 0.3) is 11.3 Å². The number of fused-ring (bicyclic) bond motifs is 1. The minimum Gasteiger partial charge on any atom is -0.493 e. The van der Waals surface area contributed by atoms with E-state index >= 15 is 0 Å². The number of aliphatic hydroxyl groups is 1. The largest absolute Gasteiger partial charge is 0.493 e. The van der Waals surface area contributed by atoms with Gasteiger partial charge in [0.1, 0.15) is 11.4 Å². The van der Waals surface area contributed by atoms with Crippen LogP contribution in [-0.2, 0) is 6.42 Å². The molecule has 0 unspecified atom stereocenters. The van der Waals surface area contributed by atoms with Crippen molar-refractivity contribution in [2.24, 2.45) is 0 Å². The van der Waals surface area contributed by atoms with Gasteiger partial charge in [-0.15, -0.1) is 0 Å². The lowest BCUT2D eigenvalue weighted by atomic mass is 9.99. The number of carbonyl (C=O) groups excluding carboxylic acids is 1. The lowest BCUT2D eigenvalue weighted by molar-refractivity contribution is 0.0802. The van der Waals surface area contributed by atoms with Gasteiger partial charge in [0.2, 0.25) is 5.76 Å². The lowest BCUT2D eigenvalue weighted by Crippen LogP contribution is -2.49. The number of nitrogens with one attached hydrogen (secondary N) is 1. The van der Waals surface area contributed by atoms with Crippen molar-refractivity contribution in [2.75, 3.05) is 13.2 Å². The third kappa shape index (κ3) is 2.67. The van der Waals surface area contributed by atoms with E-state index in [1.807, 2.05) is 18.2 Å². The Morgan fingerprint density at radius 2 is 2.12 bits per heavy atom. The highest BCUT2D eigenvalue weighted by Crippen LogP contribution is 2.31. The quantitative estimate of drug-likeness (QED) is 0.900. The highest BCUT2D eigenvalue weighted by Gasteiger charge is 2.35. The first-order valence-electron chi connectivity index (χ1n) is 8.35. The molecule has 6 nitrogen and oxygen atoms in total. The Balaban J connectivity index is 1.53. The van der Waals surface area contributed by atoms with E-state index in [-0.39, 0.29) is 18.3 Å². The second kappa shape index (κ2) is 5.94. The van der Waals surface area contributed by atoms with Crippen molar-refractivity contribution in [3.63, 3.8) is 0 Å². The molecule has 1 aromatic heterocycles. The van der Waals surface area contributed by atoms with Gasteiger partial charge in [-0.25, -0.2) is 0 Å². The first kappa shape index (κ1) is 15.2. The second-order valence-electron chi connectivity index (χ2n) is 6.60. The number of carbonyl (C=O) groups is 1. The number of rotatable bonds is 4. The van der Waals surface area contributed by atoms with E-state index in [0.717, 1.165) is 49.0 Å². The maximum Gasteiger partial charge on any atom is 0.290 e. The van der Waals surface area contributed by atoms with Crippen LogP contribution in [0.1, 0.15) is 41.8 Å². The standard InChI is InChI=1S/C18H20N2O4/c21-11-18(6-1-2-7-18)19-17(22)16-10-14(20-24-16)12-3-4-15-13(9-12)5-8-23-15/h3-4,9-10,21H,1-2,5-8,11H2,(H,19,22). The van der Waals surface area contributed by atoms with Crippen molar-refractivity contribution in [1.82, 2.24) is 10.5 Å². The van der Waals surface area contributed by atoms with Crippen molar-refractivity contribution in [2.45, 2.75) is 37.6 Å². The summed E-state index contributed by atoms with van der Waals surface area (Å²) in [6, 6.07) is 7.50. The fraction of sp³-hybridized carbons (Fsp3) is 0.444. The van der Waals surface area contributed by atoms with Crippen molar-refractivity contribution in [3.8, 4) is 17.0 Å². The summed E-state index contributed by atoms with van der Waals surface area (Å²) in [5, 5.41) is 16.6. The molecule has 6 heteroatoms. The van der Waals surface area contributed by atoms with Crippen LogP contribution < -0.4 is 10.1 Å². The maximum atomic E-state index is 12.4. The number of ether oxygens (including phenoxy) is 1. The summed E-state index contributed by atoms with van der Waals surface area (Å²) in [5.74, 6) is 0.752. The predicted octanol–water partition coefficient (Wildman–Crippen LogP) is 2.31. The molecule has 126 valence electrons. The van der Waals surface area contributed by atoms with E-state index in [2.05, 4.69) is 10.5 Å². The van der Waals surface area contributed by atoms with Crippen LogP contribution in [0.15, 0.2) is 28.8 Å². The number of nitrogens with zero attached hydrogens (tertiary/aromatic N) is 1. The molecule has 0 saturated heterocycles. The first-order chi connectivity index (χ1) is 11.7. The zero-order valence-electron chi connectivity index (χ0n) is 13.4. The van der Waals surface area contributed by atoms with E-state index in [9.17, 15) is 9.90 Å². The Kier molecular flexibility index (Phi) is 3.76. The minimum atomic E-state index is -0.519. The average molecular weight is 328 g/mol. The molecular weight excluding hydrogens is 308 g/mol. The van der Waals surface area contributed by atoms with Gasteiger partial charge in [-0.05, 0) is 36.6 Å². The molecule has 0 radical (unpaired) electrons. The summed E-state index contributed by atoms with van der Waals surface area (Å²) >= 11 is 0. The normalized spacial score (nSPS) is 18.2. The van der Waals surface area contributed by atoms with Gasteiger partial charge in [0.15, 0.2) is 0 Å². The smallest absolute Gasteiger partial charge is 0.290 e. The van der Waals surface area contributed by atoms with Crippen LogP contribution in [0.2, 0.25) is 0 Å². The number of amides is 1. The molecule has 2 heterocycles. The Labute approximate surface area is 139 Å². The van der Waals surface area contributed by atoms with Crippen LogP contribution in [0.3, 0.4) is 0 Å². The first-order valence-corrected chi connectivity index (χ1v) is 8.35. The third-order valence-corrected chi connectivity index (χ3v) is 4.96. The molecule has 0 spiro atoms. The lowest BCUT2D eigenvalue weighted by Gasteiger charge is -2.27. The molecule has 2 N–H and O–H groups in total. The molecule has 1 saturated carbocycles. The number of benzene rings is 1. The van der Waals surface area contributed by atoms with Crippen LogP contribution in [-0.4, -0.2) is 34.9 Å². The molecule has 1 aliphatic carbocycles. The molecule has 2 aliphatic rings. The summed E-state index contributed by atoms with van der Waals surface area (Å²) in [6.07, 6.45) is 4.49. The van der Waals surface area contributed by atoms with E-state index in [1.165, 1.54) is 0 Å². The van der Waals surface area contributed by atoms with E-state index < -0.39 is 5.54 Å². The molecule has 4 rings (SSSR count). The van der Waals surface area contributed by atoms with Gasteiger partial charge >= 0.3 is 0 Å². The predicted molar refractivity (Wildman–Crippen MR) is 86.9 cm³/mol. The number of hydrogen-bond donors (Lipinski definition) is 2. The van der Waals surface area contributed by atoms with E-state index in [1.54, 1.807) is 6.07 Å². The average Bonchev–Trinajstić information content (AvgIpc) is 3.34. The highest BCUT2D eigenvalue weighted by molar-refractivity contribution is 5.93. The molecule has 1 fully saturated rings. The molecule has 0 atom stereocenters. The Morgan fingerprint density at radius 3 is 2.92 bits per heavy atom. The molecule has 1 aliphatic heterocycles. The molecule has 24 heavy (non-hydrogen) atoms. The molecule has 1 amide bonds. The maximum absolute atomic E-state index is 12.4. The van der Waals surface area contributed by atoms with Crippen LogP contribution in [0, 0.1) is 0 Å². The van der Waals surface area contributed by atoms with Gasteiger partial charge in [-0.2, -0.15) is 0 Å². The summed E-state index contributed by atoms with van der Waals surface area (Å²) < 4.78 is 10.7. The van der Waals surface area contributed by atoms with Gasteiger partial charge < -0.3 is 19.7 Å².